The van der Waals surface area contributed by atoms with Crippen LogP contribution < -0.4 is 10.6 Å². The van der Waals surface area contributed by atoms with Crippen molar-refractivity contribution in [3.63, 3.8) is 0 Å². The average molecular weight is 484 g/mol. The van der Waals surface area contributed by atoms with E-state index in [0.29, 0.717) is 11.5 Å². The number of ether oxygens (including phenoxy) is 1. The number of amides is 2. The van der Waals surface area contributed by atoms with Crippen molar-refractivity contribution >= 4 is 35.1 Å². The molecule has 3 rings (SSSR count). The maximum absolute atomic E-state index is 12.7. The van der Waals surface area contributed by atoms with Gasteiger partial charge in [-0.25, -0.2) is 14.5 Å². The number of pyridine rings is 1. The first kappa shape index (κ1) is 24.9. The maximum Gasteiger partial charge on any atom is 0.359 e. The van der Waals surface area contributed by atoms with Gasteiger partial charge in [0.25, 0.3) is 5.91 Å². The van der Waals surface area contributed by atoms with E-state index in [1.165, 1.54) is 13.0 Å². The fourth-order valence-corrected chi connectivity index (χ4v) is 3.51. The van der Waals surface area contributed by atoms with Crippen LogP contribution in [-0.2, 0) is 14.3 Å². The third kappa shape index (κ3) is 5.79. The van der Waals surface area contributed by atoms with E-state index in [1.807, 2.05) is 52.0 Å². The molecule has 0 aliphatic heterocycles. The Morgan fingerprint density at radius 2 is 1.76 bits per heavy atom. The number of hydrogen-bond donors (Lipinski definition) is 2. The molecule has 10 heteroatoms. The lowest BCUT2D eigenvalue weighted by Crippen LogP contribution is -2.40. The van der Waals surface area contributed by atoms with Gasteiger partial charge in [0.1, 0.15) is 0 Å². The molecule has 2 aromatic heterocycles. The molecule has 9 nitrogen and oxygen atoms in total. The smallest absolute Gasteiger partial charge is 0.359 e. The summed E-state index contributed by atoms with van der Waals surface area (Å²) >= 11 is 6.15. The minimum Gasteiger partial charge on any atom is -0.448 e. The monoisotopic (exact) mass is 483 g/mol. The number of rotatable bonds is 7. The number of benzene rings is 1. The van der Waals surface area contributed by atoms with Crippen LogP contribution >= 0.6 is 11.6 Å². The quantitative estimate of drug-likeness (QED) is 0.497. The summed E-state index contributed by atoms with van der Waals surface area (Å²) in [5.41, 5.74) is 4.01. The first-order valence-corrected chi connectivity index (χ1v) is 11.0. The summed E-state index contributed by atoms with van der Waals surface area (Å²) < 4.78 is 6.81. The predicted octanol–water partition coefficient (Wildman–Crippen LogP) is 3.45. The van der Waals surface area contributed by atoms with E-state index < -0.39 is 23.9 Å². The molecule has 0 saturated carbocycles. The highest BCUT2D eigenvalue weighted by molar-refractivity contribution is 6.33. The molecule has 0 radical (unpaired) electrons. The van der Waals surface area contributed by atoms with Gasteiger partial charge in [0.15, 0.2) is 17.6 Å². The standard InChI is InChI=1S/C24H26ClN5O4/c1-13-7-6-8-14(2)21(13)28-20(31)12-26-23(32)17(5)34-24(33)22-18(25)9-10-19(27-22)30-16(4)11-15(3)29-30/h6-11,17H,12H2,1-5H3,(H,26,32)(H,28,31). The number of esters is 1. The van der Waals surface area contributed by atoms with Crippen molar-refractivity contribution in [2.24, 2.45) is 0 Å². The number of halogens is 1. The van der Waals surface area contributed by atoms with Crippen LogP contribution in [0.4, 0.5) is 5.69 Å². The SMILES string of the molecule is Cc1cc(C)n(-c2ccc(Cl)c(C(=O)OC(C)C(=O)NCC(=O)Nc3c(C)cccc3C)n2)n1. The molecule has 0 aliphatic carbocycles. The fraction of sp³-hybridized carbons (Fsp3) is 0.292. The lowest BCUT2D eigenvalue weighted by Gasteiger charge is -2.15. The van der Waals surface area contributed by atoms with Gasteiger partial charge in [-0.05, 0) is 63.9 Å². The molecular formula is C24H26ClN5O4. The molecule has 2 N–H and O–H groups in total. The summed E-state index contributed by atoms with van der Waals surface area (Å²) in [6.45, 7) is 8.59. The van der Waals surface area contributed by atoms with Gasteiger partial charge < -0.3 is 15.4 Å². The summed E-state index contributed by atoms with van der Waals surface area (Å²) in [5, 5.41) is 9.66. The van der Waals surface area contributed by atoms with E-state index >= 15 is 0 Å². The number of para-hydroxylation sites is 1. The van der Waals surface area contributed by atoms with Gasteiger partial charge in [-0.15, -0.1) is 0 Å². The van der Waals surface area contributed by atoms with E-state index in [4.69, 9.17) is 16.3 Å². The van der Waals surface area contributed by atoms with Gasteiger partial charge in [0.05, 0.1) is 17.3 Å². The maximum atomic E-state index is 12.7. The Kier molecular flexibility index (Phi) is 7.68. The number of carbonyl (C=O) groups excluding carboxylic acids is 3. The second kappa shape index (κ2) is 10.5. The Hall–Kier alpha value is -3.72. The van der Waals surface area contributed by atoms with Crippen LogP contribution in [0.2, 0.25) is 5.02 Å². The molecule has 178 valence electrons. The number of carbonyl (C=O) groups is 3. The zero-order valence-corrected chi connectivity index (χ0v) is 20.4. The van der Waals surface area contributed by atoms with Crippen molar-refractivity contribution in [3.8, 4) is 5.82 Å². The molecule has 0 saturated heterocycles. The lowest BCUT2D eigenvalue weighted by molar-refractivity contribution is -0.130. The van der Waals surface area contributed by atoms with E-state index in [0.717, 1.165) is 22.5 Å². The van der Waals surface area contributed by atoms with Crippen LogP contribution in [-0.4, -0.2) is 45.2 Å². The third-order valence-corrected chi connectivity index (χ3v) is 5.38. The highest BCUT2D eigenvalue weighted by Crippen LogP contribution is 2.20. The summed E-state index contributed by atoms with van der Waals surface area (Å²) in [4.78, 5) is 41.6. The highest BCUT2D eigenvalue weighted by atomic mass is 35.5. The first-order chi connectivity index (χ1) is 16.1. The van der Waals surface area contributed by atoms with Crippen molar-refractivity contribution in [3.05, 3.63) is 69.6 Å². The summed E-state index contributed by atoms with van der Waals surface area (Å²) in [6, 6.07) is 10.7. The van der Waals surface area contributed by atoms with Crippen molar-refractivity contribution in [1.82, 2.24) is 20.1 Å². The fourth-order valence-electron chi connectivity index (χ4n) is 3.33. The molecule has 0 spiro atoms. The largest absolute Gasteiger partial charge is 0.448 e. The normalized spacial score (nSPS) is 11.6. The number of aromatic nitrogens is 3. The van der Waals surface area contributed by atoms with Crippen LogP contribution in [0.1, 0.15) is 39.9 Å². The van der Waals surface area contributed by atoms with E-state index in [2.05, 4.69) is 20.7 Å². The molecule has 2 heterocycles. The van der Waals surface area contributed by atoms with Crippen molar-refractivity contribution < 1.29 is 19.1 Å². The summed E-state index contributed by atoms with van der Waals surface area (Å²) in [5.74, 6) is -1.50. The molecular weight excluding hydrogens is 458 g/mol. The van der Waals surface area contributed by atoms with Crippen LogP contribution in [0.3, 0.4) is 0 Å². The zero-order valence-electron chi connectivity index (χ0n) is 19.6. The topological polar surface area (TPSA) is 115 Å². The third-order valence-electron chi connectivity index (χ3n) is 5.07. The molecule has 0 aliphatic rings. The first-order valence-electron chi connectivity index (χ1n) is 10.6. The predicted molar refractivity (Wildman–Crippen MR) is 128 cm³/mol. The zero-order chi connectivity index (χ0) is 25.0. The Morgan fingerprint density at radius 1 is 1.09 bits per heavy atom. The Labute approximate surface area is 202 Å². The molecule has 34 heavy (non-hydrogen) atoms. The van der Waals surface area contributed by atoms with Crippen LogP contribution in [0.5, 0.6) is 0 Å². The minimum atomic E-state index is -1.17. The van der Waals surface area contributed by atoms with E-state index in [9.17, 15) is 14.4 Å². The van der Waals surface area contributed by atoms with Crippen molar-refractivity contribution in [2.75, 3.05) is 11.9 Å². The van der Waals surface area contributed by atoms with Crippen LogP contribution in [0.15, 0.2) is 36.4 Å². The molecule has 0 bridgehead atoms. The second-order valence-electron chi connectivity index (χ2n) is 7.92. The van der Waals surface area contributed by atoms with Gasteiger partial charge in [0.2, 0.25) is 5.91 Å². The van der Waals surface area contributed by atoms with Crippen LogP contribution in [0.25, 0.3) is 5.82 Å². The number of nitrogens with one attached hydrogen (secondary N) is 2. The van der Waals surface area contributed by atoms with Gasteiger partial charge in [0, 0.05) is 11.4 Å². The minimum absolute atomic E-state index is 0.0795. The number of nitrogens with zero attached hydrogens (tertiary/aromatic N) is 3. The summed E-state index contributed by atoms with van der Waals surface area (Å²) in [6.07, 6.45) is -1.17. The Bertz CT molecular complexity index is 1230. The second-order valence-corrected chi connectivity index (χ2v) is 8.33. The molecule has 3 aromatic rings. The Balaban J connectivity index is 1.61. The van der Waals surface area contributed by atoms with E-state index in [1.54, 1.807) is 10.7 Å². The van der Waals surface area contributed by atoms with Gasteiger partial charge in [-0.2, -0.15) is 5.10 Å². The average Bonchev–Trinajstić information content (AvgIpc) is 3.12. The number of anilines is 1. The highest BCUT2D eigenvalue weighted by Gasteiger charge is 2.23. The van der Waals surface area contributed by atoms with Crippen LogP contribution in [0, 0.1) is 27.7 Å². The van der Waals surface area contributed by atoms with E-state index in [-0.39, 0.29) is 17.3 Å². The lowest BCUT2D eigenvalue weighted by atomic mass is 10.1. The Morgan fingerprint density at radius 3 is 2.38 bits per heavy atom. The molecule has 1 aromatic carbocycles. The number of aryl methyl sites for hydroxylation is 4. The molecule has 1 atom stereocenters. The van der Waals surface area contributed by atoms with Gasteiger partial charge >= 0.3 is 5.97 Å². The van der Waals surface area contributed by atoms with Gasteiger partial charge in [-0.1, -0.05) is 29.8 Å². The molecule has 1 unspecified atom stereocenters. The van der Waals surface area contributed by atoms with Crippen molar-refractivity contribution in [2.45, 2.75) is 40.7 Å². The molecule has 0 fully saturated rings. The molecule has 2 amide bonds. The van der Waals surface area contributed by atoms with Crippen molar-refractivity contribution in [1.29, 1.82) is 0 Å². The summed E-state index contributed by atoms with van der Waals surface area (Å²) in [7, 11) is 0. The van der Waals surface area contributed by atoms with Gasteiger partial charge in [-0.3, -0.25) is 9.59 Å². The number of hydrogen-bond acceptors (Lipinski definition) is 6.